The molecule has 1 heterocycles. The molecule has 0 aromatic heterocycles. The zero-order valence-corrected chi connectivity index (χ0v) is 19.5. The van der Waals surface area contributed by atoms with Crippen molar-refractivity contribution in [1.82, 2.24) is 5.32 Å². The summed E-state index contributed by atoms with van der Waals surface area (Å²) in [7, 11) is 0. The van der Waals surface area contributed by atoms with Gasteiger partial charge >= 0.3 is 185 Å². The van der Waals surface area contributed by atoms with Crippen molar-refractivity contribution in [1.29, 1.82) is 0 Å². The van der Waals surface area contributed by atoms with Crippen LogP contribution in [0.5, 0.6) is 0 Å². The van der Waals surface area contributed by atoms with E-state index in [4.69, 9.17) is 4.74 Å². The number of hydrogen-bond donors (Lipinski definition) is 3. The average Bonchev–Trinajstić information content (AvgIpc) is 2.76. The molecule has 30 heavy (non-hydrogen) atoms. The molecule has 5 nitrogen and oxygen atoms in total. The minimum atomic E-state index is -1.60. The Bertz CT molecular complexity index is 1040. The van der Waals surface area contributed by atoms with Gasteiger partial charge in [-0.25, -0.2) is 0 Å². The van der Waals surface area contributed by atoms with E-state index in [1.54, 1.807) is 0 Å². The molecular formula is C23H26N3O2PSe. The van der Waals surface area contributed by atoms with Gasteiger partial charge in [0.25, 0.3) is 0 Å². The molecule has 0 radical (unpaired) electrons. The Kier molecular flexibility index (Phi) is 6.60. The van der Waals surface area contributed by atoms with Crippen molar-refractivity contribution in [3.8, 4) is 0 Å². The molecule has 1 unspecified atom stereocenters. The minimum absolute atomic E-state index is 0.238. The van der Waals surface area contributed by atoms with Crippen molar-refractivity contribution in [2.45, 2.75) is 13.0 Å². The SMILES string of the molecule is CCOC(=O)C(NCP1(=[Se])CNc2cccc3cccc(c23)NC1)c1ccccc1. The van der Waals surface area contributed by atoms with Crippen molar-refractivity contribution in [3.63, 3.8) is 0 Å². The van der Waals surface area contributed by atoms with Crippen LogP contribution in [0.25, 0.3) is 10.8 Å². The second-order valence-electron chi connectivity index (χ2n) is 7.40. The van der Waals surface area contributed by atoms with Gasteiger partial charge in [0.2, 0.25) is 0 Å². The molecule has 0 aliphatic carbocycles. The molecule has 0 saturated carbocycles. The number of hydrogen-bond acceptors (Lipinski definition) is 5. The summed E-state index contributed by atoms with van der Waals surface area (Å²) in [5.41, 5.74) is 1.60. The van der Waals surface area contributed by atoms with Crippen LogP contribution >= 0.6 is 5.51 Å². The van der Waals surface area contributed by atoms with Crippen LogP contribution < -0.4 is 16.0 Å². The first-order chi connectivity index (χ1) is 14.6. The molecule has 0 amide bonds. The fourth-order valence-electron chi connectivity index (χ4n) is 3.73. The monoisotopic (exact) mass is 487 g/mol. The zero-order valence-electron chi connectivity index (χ0n) is 16.9. The quantitative estimate of drug-likeness (QED) is 0.271. The van der Waals surface area contributed by atoms with Crippen LogP contribution in [0.1, 0.15) is 18.5 Å². The fraction of sp³-hybridized carbons (Fsp3) is 0.261. The third kappa shape index (κ3) is 4.63. The van der Waals surface area contributed by atoms with Crippen LogP contribution in [0.15, 0.2) is 66.7 Å². The fourth-order valence-corrected chi connectivity index (χ4v) is 6.78. The predicted molar refractivity (Wildman–Crippen MR) is 127 cm³/mol. The summed E-state index contributed by atoms with van der Waals surface area (Å²) in [6.07, 6.45) is 2.39. The predicted octanol–water partition coefficient (Wildman–Crippen LogP) is 4.54. The summed E-state index contributed by atoms with van der Waals surface area (Å²) < 4.78 is 5.33. The molecule has 3 aromatic carbocycles. The summed E-state index contributed by atoms with van der Waals surface area (Å²) in [6, 6.07) is 22.0. The van der Waals surface area contributed by atoms with E-state index in [0.29, 0.717) is 12.9 Å². The van der Waals surface area contributed by atoms with E-state index in [2.05, 4.69) is 67.4 Å². The van der Waals surface area contributed by atoms with E-state index in [9.17, 15) is 4.79 Å². The first kappa shape index (κ1) is 21.1. The van der Waals surface area contributed by atoms with E-state index in [1.807, 2.05) is 37.3 Å². The first-order valence-corrected chi connectivity index (χ1v) is 14.7. The van der Waals surface area contributed by atoms with Crippen LogP contribution in [0.4, 0.5) is 11.4 Å². The number of rotatable bonds is 6. The summed E-state index contributed by atoms with van der Waals surface area (Å²) >= 11 is 3.47. The molecule has 0 spiro atoms. The summed E-state index contributed by atoms with van der Waals surface area (Å²) in [5, 5.41) is 13.3. The molecule has 0 fully saturated rings. The van der Waals surface area contributed by atoms with E-state index < -0.39 is 11.6 Å². The molecular weight excluding hydrogens is 460 g/mol. The molecule has 3 N–H and O–H groups in total. The van der Waals surface area contributed by atoms with Gasteiger partial charge in [-0.3, -0.25) is 0 Å². The number of esters is 1. The number of carbonyl (C=O) groups excluding carboxylic acids is 1. The van der Waals surface area contributed by atoms with E-state index >= 15 is 0 Å². The van der Waals surface area contributed by atoms with E-state index in [0.717, 1.165) is 29.5 Å². The number of carbonyl (C=O) groups is 1. The summed E-state index contributed by atoms with van der Waals surface area (Å²) in [4.78, 5) is 12.6. The van der Waals surface area contributed by atoms with Crippen LogP contribution in [0.3, 0.4) is 0 Å². The zero-order chi connectivity index (χ0) is 21.0. The Hall–Kier alpha value is -2.10. The Morgan fingerprint density at radius 3 is 2.27 bits per heavy atom. The van der Waals surface area contributed by atoms with E-state index in [-0.39, 0.29) is 5.97 Å². The molecule has 7 heteroatoms. The molecule has 1 aliphatic heterocycles. The van der Waals surface area contributed by atoms with Gasteiger partial charge in [-0.05, 0) is 0 Å². The number of nitrogens with one attached hydrogen (secondary N) is 3. The average molecular weight is 486 g/mol. The Morgan fingerprint density at radius 1 is 1.03 bits per heavy atom. The van der Waals surface area contributed by atoms with Crippen molar-refractivity contribution in [2.75, 3.05) is 36.1 Å². The molecule has 1 atom stereocenters. The Morgan fingerprint density at radius 2 is 1.67 bits per heavy atom. The molecule has 3 aromatic rings. The van der Waals surface area contributed by atoms with Crippen molar-refractivity contribution in [3.05, 3.63) is 72.3 Å². The topological polar surface area (TPSA) is 62.4 Å². The second-order valence-corrected chi connectivity index (χ2v) is 15.3. The molecule has 0 saturated heterocycles. The Balaban J connectivity index is 1.54. The van der Waals surface area contributed by atoms with Crippen molar-refractivity contribution < 1.29 is 9.53 Å². The molecule has 156 valence electrons. The summed E-state index contributed by atoms with van der Waals surface area (Å²) in [6.45, 7) is 2.20. The number of ether oxygens (including phenoxy) is 1. The Labute approximate surface area is 184 Å². The van der Waals surface area contributed by atoms with Gasteiger partial charge in [-0.1, -0.05) is 0 Å². The van der Waals surface area contributed by atoms with Gasteiger partial charge in [0.15, 0.2) is 0 Å². The number of benzene rings is 3. The van der Waals surface area contributed by atoms with Crippen molar-refractivity contribution >= 4 is 48.7 Å². The number of anilines is 2. The van der Waals surface area contributed by atoms with Crippen LogP contribution in [-0.2, 0) is 9.53 Å². The van der Waals surface area contributed by atoms with Crippen LogP contribution in [-0.4, -0.2) is 46.5 Å². The van der Waals surface area contributed by atoms with Crippen molar-refractivity contribution in [2.24, 2.45) is 0 Å². The summed E-state index contributed by atoms with van der Waals surface area (Å²) in [5.74, 6) is -0.238. The van der Waals surface area contributed by atoms with Crippen LogP contribution in [0.2, 0.25) is 0 Å². The third-order valence-electron chi connectivity index (χ3n) is 5.26. The maximum atomic E-state index is 12.6. The van der Waals surface area contributed by atoms with Crippen LogP contribution in [0, 0.1) is 0 Å². The standard InChI is InChI=1S/C23H26N3O2PSe/c1-2-28-23(27)22(18-8-4-3-5-9-18)26-16-29(30)14-24-19-12-6-10-17-11-7-13-20(21(17)19)25-15-29/h3-13,22,24-26H,2,14-16H2,1H3. The molecule has 4 rings (SSSR count). The third-order valence-corrected chi connectivity index (χ3v) is 9.92. The maximum absolute atomic E-state index is 12.6. The first-order valence-electron chi connectivity index (χ1n) is 10.1. The van der Waals surface area contributed by atoms with Gasteiger partial charge in [0.1, 0.15) is 0 Å². The van der Waals surface area contributed by atoms with Gasteiger partial charge in [0.05, 0.1) is 0 Å². The molecule has 1 aliphatic rings. The van der Waals surface area contributed by atoms with Gasteiger partial charge < -0.3 is 0 Å². The van der Waals surface area contributed by atoms with Gasteiger partial charge in [-0.15, -0.1) is 0 Å². The second kappa shape index (κ2) is 9.36. The van der Waals surface area contributed by atoms with Gasteiger partial charge in [-0.2, -0.15) is 0 Å². The van der Waals surface area contributed by atoms with E-state index in [1.165, 1.54) is 10.8 Å². The normalized spacial score (nSPS) is 15.9. The molecule has 0 bridgehead atoms. The van der Waals surface area contributed by atoms with Gasteiger partial charge in [0, 0.05) is 0 Å².